The van der Waals surface area contributed by atoms with Gasteiger partial charge in [0.2, 0.25) is 0 Å². The van der Waals surface area contributed by atoms with Gasteiger partial charge in [0.05, 0.1) is 0 Å². The molecule has 0 aliphatic carbocycles. The normalized spacial score (nSPS) is 15.7. The summed E-state index contributed by atoms with van der Waals surface area (Å²) in [5.74, 6) is -2.77. The number of amides is 2. The van der Waals surface area contributed by atoms with Crippen molar-refractivity contribution in [3.8, 4) is 0 Å². The Balaban J connectivity index is 1.79. The van der Waals surface area contributed by atoms with Gasteiger partial charge in [0.25, 0.3) is 0 Å². The summed E-state index contributed by atoms with van der Waals surface area (Å²) in [6.45, 7) is 7.57. The number of carbonyl (C=O) groups is 2. The van der Waals surface area contributed by atoms with E-state index in [1.807, 2.05) is 0 Å². The minimum atomic E-state index is -1.05. The van der Waals surface area contributed by atoms with E-state index in [1.54, 1.807) is 6.92 Å². The van der Waals surface area contributed by atoms with Gasteiger partial charge in [-0.25, -0.2) is 8.78 Å². The van der Waals surface area contributed by atoms with Crippen LogP contribution < -0.4 is 10.2 Å². The summed E-state index contributed by atoms with van der Waals surface area (Å²) in [4.78, 5) is 27.9. The van der Waals surface area contributed by atoms with Crippen LogP contribution in [0.2, 0.25) is 0 Å². The molecule has 0 bridgehead atoms. The average molecular weight is 367 g/mol. The number of hydrogen-bond acceptors (Lipinski definition) is 3. The minimum Gasteiger partial charge on any atom is -0.348 e. The van der Waals surface area contributed by atoms with E-state index in [2.05, 4.69) is 17.1 Å². The van der Waals surface area contributed by atoms with Crippen LogP contribution in [0.5, 0.6) is 0 Å². The number of piperidine rings is 1. The lowest BCUT2D eigenvalue weighted by Crippen LogP contribution is -2.44. The zero-order valence-corrected chi connectivity index (χ0v) is 15.4. The Morgan fingerprint density at radius 1 is 1.23 bits per heavy atom. The van der Waals surface area contributed by atoms with Gasteiger partial charge < -0.3 is 15.1 Å². The number of nitrogens with zero attached hydrogens (tertiary/aromatic N) is 2. The number of benzene rings is 1. The summed E-state index contributed by atoms with van der Waals surface area (Å²) in [6.07, 6.45) is 3.17. The van der Waals surface area contributed by atoms with Crippen molar-refractivity contribution < 1.29 is 18.4 Å². The lowest BCUT2D eigenvalue weighted by Gasteiger charge is -2.30. The Kier molecular flexibility index (Phi) is 7.50. The van der Waals surface area contributed by atoms with Crippen LogP contribution in [0.25, 0.3) is 0 Å². The van der Waals surface area contributed by atoms with Crippen LogP contribution >= 0.6 is 0 Å². The van der Waals surface area contributed by atoms with E-state index in [1.165, 1.54) is 18.9 Å². The fourth-order valence-electron chi connectivity index (χ4n) is 3.08. The van der Waals surface area contributed by atoms with Crippen LogP contribution in [0.3, 0.4) is 0 Å². The molecule has 26 heavy (non-hydrogen) atoms. The summed E-state index contributed by atoms with van der Waals surface area (Å²) >= 11 is 0. The molecule has 1 aromatic carbocycles. The topological polar surface area (TPSA) is 52.7 Å². The molecule has 1 aromatic rings. The van der Waals surface area contributed by atoms with E-state index >= 15 is 0 Å². The highest BCUT2D eigenvalue weighted by molar-refractivity contribution is 6.40. The number of anilines is 1. The van der Waals surface area contributed by atoms with Crippen LogP contribution in [0.4, 0.5) is 14.5 Å². The standard InChI is InChI=1S/C19H27F2N3O2/c1-3-24(15-5-6-16(20)17(21)13-15)19(26)18(25)22-9-4-10-23-11-7-14(2)8-12-23/h5-6,13-14H,3-4,7-12H2,1-2H3,(H,22,25). The predicted octanol–water partition coefficient (Wildman–Crippen LogP) is 2.56. The third-order valence-electron chi connectivity index (χ3n) is 4.78. The molecule has 1 heterocycles. The molecule has 2 amide bonds. The Hall–Kier alpha value is -2.02. The Morgan fingerprint density at radius 3 is 2.54 bits per heavy atom. The average Bonchev–Trinajstić information content (AvgIpc) is 2.63. The molecule has 1 saturated heterocycles. The molecule has 1 aliphatic heterocycles. The molecule has 0 aromatic heterocycles. The molecule has 1 fully saturated rings. The summed E-state index contributed by atoms with van der Waals surface area (Å²) in [5, 5.41) is 2.62. The summed E-state index contributed by atoms with van der Waals surface area (Å²) in [7, 11) is 0. The van der Waals surface area contributed by atoms with Crippen molar-refractivity contribution in [3.05, 3.63) is 29.8 Å². The smallest absolute Gasteiger partial charge is 0.316 e. The molecular formula is C19H27F2N3O2. The van der Waals surface area contributed by atoms with Crippen LogP contribution in [0.15, 0.2) is 18.2 Å². The van der Waals surface area contributed by atoms with Gasteiger partial charge in [-0.15, -0.1) is 0 Å². The predicted molar refractivity (Wildman–Crippen MR) is 96.8 cm³/mol. The minimum absolute atomic E-state index is 0.161. The highest BCUT2D eigenvalue weighted by Crippen LogP contribution is 2.18. The van der Waals surface area contributed by atoms with Gasteiger partial charge in [-0.1, -0.05) is 6.92 Å². The van der Waals surface area contributed by atoms with Crippen molar-refractivity contribution in [2.24, 2.45) is 5.92 Å². The number of hydrogen-bond donors (Lipinski definition) is 1. The second kappa shape index (κ2) is 9.62. The van der Waals surface area contributed by atoms with E-state index in [9.17, 15) is 18.4 Å². The van der Waals surface area contributed by atoms with E-state index in [4.69, 9.17) is 0 Å². The number of halogens is 2. The quantitative estimate of drug-likeness (QED) is 0.621. The first-order valence-corrected chi connectivity index (χ1v) is 9.19. The zero-order valence-electron chi connectivity index (χ0n) is 15.4. The van der Waals surface area contributed by atoms with Gasteiger partial charge >= 0.3 is 11.8 Å². The van der Waals surface area contributed by atoms with Crippen molar-refractivity contribution in [2.75, 3.05) is 37.6 Å². The van der Waals surface area contributed by atoms with Crippen molar-refractivity contribution in [2.45, 2.75) is 33.1 Å². The molecular weight excluding hydrogens is 340 g/mol. The van der Waals surface area contributed by atoms with E-state index in [0.717, 1.165) is 49.0 Å². The van der Waals surface area contributed by atoms with Gasteiger partial charge in [0.1, 0.15) is 0 Å². The van der Waals surface area contributed by atoms with Crippen LogP contribution in [-0.2, 0) is 9.59 Å². The third kappa shape index (κ3) is 5.49. The van der Waals surface area contributed by atoms with Gasteiger partial charge in [0, 0.05) is 24.8 Å². The summed E-state index contributed by atoms with van der Waals surface area (Å²) < 4.78 is 26.4. The highest BCUT2D eigenvalue weighted by atomic mass is 19.2. The number of likely N-dealkylation sites (N-methyl/N-ethyl adjacent to an activating group) is 1. The molecule has 0 spiro atoms. The number of rotatable bonds is 6. The molecule has 0 unspecified atom stereocenters. The van der Waals surface area contributed by atoms with Crippen LogP contribution in [-0.4, -0.2) is 49.4 Å². The second-order valence-corrected chi connectivity index (χ2v) is 6.78. The van der Waals surface area contributed by atoms with Gasteiger partial charge in [0.15, 0.2) is 11.6 Å². The van der Waals surface area contributed by atoms with Gasteiger partial charge in [-0.05, 0) is 63.9 Å². The monoisotopic (exact) mass is 367 g/mol. The first-order chi connectivity index (χ1) is 12.4. The summed E-state index contributed by atoms with van der Waals surface area (Å²) in [5.41, 5.74) is 0.161. The molecule has 7 heteroatoms. The Labute approximate surface area is 153 Å². The lowest BCUT2D eigenvalue weighted by molar-refractivity contribution is -0.137. The molecule has 144 valence electrons. The zero-order chi connectivity index (χ0) is 19.1. The molecule has 0 radical (unpaired) electrons. The van der Waals surface area contributed by atoms with Crippen LogP contribution in [0, 0.1) is 17.6 Å². The molecule has 2 rings (SSSR count). The largest absolute Gasteiger partial charge is 0.348 e. The molecule has 1 aliphatic rings. The fraction of sp³-hybridized carbons (Fsp3) is 0.579. The third-order valence-corrected chi connectivity index (χ3v) is 4.78. The molecule has 5 nitrogen and oxygen atoms in total. The first-order valence-electron chi connectivity index (χ1n) is 9.19. The lowest BCUT2D eigenvalue weighted by atomic mass is 9.99. The highest BCUT2D eigenvalue weighted by Gasteiger charge is 2.22. The van der Waals surface area contributed by atoms with Crippen molar-refractivity contribution in [1.82, 2.24) is 10.2 Å². The second-order valence-electron chi connectivity index (χ2n) is 6.78. The number of nitrogens with one attached hydrogen (secondary N) is 1. The van der Waals surface area contributed by atoms with Crippen molar-refractivity contribution in [3.63, 3.8) is 0 Å². The fourth-order valence-corrected chi connectivity index (χ4v) is 3.08. The van der Waals surface area contributed by atoms with E-state index < -0.39 is 23.4 Å². The van der Waals surface area contributed by atoms with Crippen molar-refractivity contribution >= 4 is 17.5 Å². The maximum Gasteiger partial charge on any atom is 0.316 e. The maximum atomic E-state index is 13.4. The number of carbonyl (C=O) groups excluding carboxylic acids is 2. The van der Waals surface area contributed by atoms with Gasteiger partial charge in [-0.2, -0.15) is 0 Å². The van der Waals surface area contributed by atoms with Gasteiger partial charge in [-0.3, -0.25) is 9.59 Å². The molecule has 0 saturated carbocycles. The van der Waals surface area contributed by atoms with Crippen molar-refractivity contribution in [1.29, 1.82) is 0 Å². The number of likely N-dealkylation sites (tertiary alicyclic amines) is 1. The SMILES string of the molecule is CCN(C(=O)C(=O)NCCCN1CCC(C)CC1)c1ccc(F)c(F)c1. The molecule has 1 N–H and O–H groups in total. The maximum absolute atomic E-state index is 13.4. The Morgan fingerprint density at radius 2 is 1.92 bits per heavy atom. The van der Waals surface area contributed by atoms with Crippen LogP contribution in [0.1, 0.15) is 33.1 Å². The van der Waals surface area contributed by atoms with E-state index in [0.29, 0.717) is 6.54 Å². The molecule has 0 atom stereocenters. The summed E-state index contributed by atoms with van der Waals surface area (Å²) in [6, 6.07) is 3.14. The van der Waals surface area contributed by atoms with E-state index in [-0.39, 0.29) is 12.2 Å². The first kappa shape index (κ1) is 20.3. The Bertz CT molecular complexity index is 631.